The number of benzene rings is 1. The maximum Gasteiger partial charge on any atom is 0.132 e. The molecule has 4 nitrogen and oxygen atoms in total. The van der Waals surface area contributed by atoms with Crippen LogP contribution in [-0.4, -0.2) is 39.4 Å². The van der Waals surface area contributed by atoms with Crippen molar-refractivity contribution in [3.8, 4) is 0 Å². The molecule has 0 amide bonds. The summed E-state index contributed by atoms with van der Waals surface area (Å²) in [5.74, 6) is 0.376. The molecular weight excluding hydrogens is 364 g/mol. The van der Waals surface area contributed by atoms with Gasteiger partial charge in [-0.25, -0.2) is 0 Å². The third kappa shape index (κ3) is 8.41. The lowest BCUT2D eigenvalue weighted by molar-refractivity contribution is -0.118. The zero-order valence-electron chi connectivity index (χ0n) is 17.7. The molecule has 4 heteroatoms. The molecule has 2 rings (SSSR count). The van der Waals surface area contributed by atoms with E-state index in [4.69, 9.17) is 0 Å². The average molecular weight is 403 g/mol. The van der Waals surface area contributed by atoms with Crippen molar-refractivity contribution in [1.82, 2.24) is 0 Å². The number of ketones is 1. The highest BCUT2D eigenvalue weighted by atomic mass is 16.3. The van der Waals surface area contributed by atoms with Crippen LogP contribution in [0.3, 0.4) is 0 Å². The summed E-state index contributed by atoms with van der Waals surface area (Å²) in [6.45, 7) is 1.89. The summed E-state index contributed by atoms with van der Waals surface area (Å²) < 4.78 is 0. The number of carbonyl (C=O) groups excluding carboxylic acids is 1. The number of allylic oxidation sites excluding steroid dienone is 2. The quantitative estimate of drug-likeness (QED) is 0.341. The van der Waals surface area contributed by atoms with Crippen molar-refractivity contribution in [3.05, 3.63) is 48.0 Å². The van der Waals surface area contributed by atoms with Crippen LogP contribution in [0.15, 0.2) is 42.5 Å². The van der Waals surface area contributed by atoms with Crippen molar-refractivity contribution >= 4 is 5.78 Å². The van der Waals surface area contributed by atoms with Crippen molar-refractivity contribution in [2.24, 2.45) is 11.8 Å². The van der Waals surface area contributed by atoms with E-state index in [1.165, 1.54) is 5.56 Å². The van der Waals surface area contributed by atoms with Crippen molar-refractivity contribution in [3.63, 3.8) is 0 Å². The maximum atomic E-state index is 11.3. The molecule has 1 saturated carbocycles. The van der Waals surface area contributed by atoms with Crippen LogP contribution in [-0.2, 0) is 11.2 Å². The molecule has 0 aliphatic heterocycles. The second kappa shape index (κ2) is 12.9. The molecule has 1 aromatic rings. The van der Waals surface area contributed by atoms with Gasteiger partial charge in [0.2, 0.25) is 0 Å². The van der Waals surface area contributed by atoms with E-state index in [-0.39, 0.29) is 17.9 Å². The van der Waals surface area contributed by atoms with E-state index in [0.717, 1.165) is 38.5 Å². The molecule has 0 aromatic heterocycles. The van der Waals surface area contributed by atoms with Gasteiger partial charge < -0.3 is 15.3 Å². The minimum absolute atomic E-state index is 0.0303. The first-order valence-corrected chi connectivity index (χ1v) is 11.3. The molecule has 0 spiro atoms. The van der Waals surface area contributed by atoms with E-state index >= 15 is 0 Å². The monoisotopic (exact) mass is 402 g/mol. The van der Waals surface area contributed by atoms with Crippen molar-refractivity contribution in [2.75, 3.05) is 0 Å². The smallest absolute Gasteiger partial charge is 0.132 e. The molecule has 0 radical (unpaired) electrons. The standard InChI is InChI=1S/C25H38O4/c1-2-20(26)12-8-3-4-9-13-22-23(25(29)18-24(22)28)17-16-21(27)15-14-19-10-6-5-7-11-19/h4-7,9-11,21-25,27-29H,2-3,8,12-18H2,1H3/b9-4-/t21-,22+,23+,24-,25+/m0/s1. The van der Waals surface area contributed by atoms with Gasteiger partial charge in [-0.2, -0.15) is 0 Å². The lowest BCUT2D eigenvalue weighted by atomic mass is 9.85. The fourth-order valence-electron chi connectivity index (χ4n) is 4.38. The van der Waals surface area contributed by atoms with Gasteiger partial charge in [-0.3, -0.25) is 4.79 Å². The summed E-state index contributed by atoms with van der Waals surface area (Å²) in [6, 6.07) is 10.2. The van der Waals surface area contributed by atoms with Crippen LogP contribution >= 0.6 is 0 Å². The fourth-order valence-corrected chi connectivity index (χ4v) is 4.38. The molecule has 162 valence electrons. The predicted molar refractivity (Wildman–Crippen MR) is 117 cm³/mol. The van der Waals surface area contributed by atoms with Crippen LogP contribution in [0.5, 0.6) is 0 Å². The molecule has 1 aromatic carbocycles. The summed E-state index contributed by atoms with van der Waals surface area (Å²) in [6.07, 6.45) is 9.92. The van der Waals surface area contributed by atoms with Crippen LogP contribution in [0.2, 0.25) is 0 Å². The summed E-state index contributed by atoms with van der Waals surface area (Å²) in [5, 5.41) is 31.1. The van der Waals surface area contributed by atoms with Gasteiger partial charge in [-0.05, 0) is 68.8 Å². The SMILES string of the molecule is CCC(=O)CCC/C=C\C[C@@H]1[C@@H](CC[C@@H](O)CCc2ccccc2)[C@H](O)C[C@@H]1O. The van der Waals surface area contributed by atoms with Crippen LogP contribution in [0.25, 0.3) is 0 Å². The molecular formula is C25H38O4. The van der Waals surface area contributed by atoms with Crippen LogP contribution in [0, 0.1) is 11.8 Å². The Hall–Kier alpha value is -1.49. The van der Waals surface area contributed by atoms with Crippen LogP contribution < -0.4 is 0 Å². The second-order valence-electron chi connectivity index (χ2n) is 8.45. The van der Waals surface area contributed by atoms with Crippen molar-refractivity contribution in [1.29, 1.82) is 0 Å². The average Bonchev–Trinajstić information content (AvgIpc) is 3.00. The summed E-state index contributed by atoms with van der Waals surface area (Å²) >= 11 is 0. The van der Waals surface area contributed by atoms with Gasteiger partial charge in [0, 0.05) is 12.8 Å². The van der Waals surface area contributed by atoms with Gasteiger partial charge in [-0.1, -0.05) is 49.4 Å². The zero-order valence-corrected chi connectivity index (χ0v) is 17.7. The largest absolute Gasteiger partial charge is 0.393 e. The molecule has 29 heavy (non-hydrogen) atoms. The first-order chi connectivity index (χ1) is 14.0. The van der Waals surface area contributed by atoms with E-state index in [0.29, 0.717) is 31.5 Å². The third-order valence-electron chi connectivity index (χ3n) is 6.26. The summed E-state index contributed by atoms with van der Waals surface area (Å²) in [5.41, 5.74) is 1.23. The van der Waals surface area contributed by atoms with Gasteiger partial charge in [0.1, 0.15) is 5.78 Å². The zero-order chi connectivity index (χ0) is 21.1. The lowest BCUT2D eigenvalue weighted by Crippen LogP contribution is -2.23. The number of unbranched alkanes of at least 4 members (excludes halogenated alkanes) is 1. The maximum absolute atomic E-state index is 11.3. The molecule has 3 N–H and O–H groups in total. The first kappa shape index (κ1) is 23.8. The fraction of sp³-hybridized carbons (Fsp3) is 0.640. The van der Waals surface area contributed by atoms with Gasteiger partial charge >= 0.3 is 0 Å². The third-order valence-corrected chi connectivity index (χ3v) is 6.26. The van der Waals surface area contributed by atoms with Crippen molar-refractivity contribution in [2.45, 2.75) is 89.4 Å². The Labute approximate surface area is 175 Å². The van der Waals surface area contributed by atoms with E-state index in [1.54, 1.807) is 0 Å². The van der Waals surface area contributed by atoms with Gasteiger partial charge in [0.15, 0.2) is 0 Å². The highest BCUT2D eigenvalue weighted by Gasteiger charge is 2.40. The Bertz CT molecular complexity index is 613. The lowest BCUT2D eigenvalue weighted by Gasteiger charge is -2.23. The number of aliphatic hydroxyl groups excluding tert-OH is 3. The molecule has 0 bridgehead atoms. The number of hydrogen-bond acceptors (Lipinski definition) is 4. The van der Waals surface area contributed by atoms with E-state index < -0.39 is 12.2 Å². The molecule has 1 aliphatic rings. The minimum Gasteiger partial charge on any atom is -0.393 e. The molecule has 0 heterocycles. The number of carbonyl (C=O) groups is 1. The Morgan fingerprint density at radius 1 is 1.10 bits per heavy atom. The molecule has 5 atom stereocenters. The number of rotatable bonds is 13. The normalized spacial score (nSPS) is 25.5. The van der Waals surface area contributed by atoms with Gasteiger partial charge in [0.05, 0.1) is 18.3 Å². The number of aryl methyl sites for hydroxylation is 1. The Balaban J connectivity index is 1.73. The second-order valence-corrected chi connectivity index (χ2v) is 8.45. The number of hydrogen-bond donors (Lipinski definition) is 3. The van der Waals surface area contributed by atoms with Crippen LogP contribution in [0.4, 0.5) is 0 Å². The topological polar surface area (TPSA) is 77.8 Å². The molecule has 0 saturated heterocycles. The number of aliphatic hydroxyl groups is 3. The first-order valence-electron chi connectivity index (χ1n) is 11.3. The molecule has 1 fully saturated rings. The summed E-state index contributed by atoms with van der Waals surface area (Å²) in [4.78, 5) is 11.3. The Morgan fingerprint density at radius 2 is 1.83 bits per heavy atom. The Morgan fingerprint density at radius 3 is 2.55 bits per heavy atom. The predicted octanol–water partition coefficient (Wildman–Crippen LogP) is 4.21. The summed E-state index contributed by atoms with van der Waals surface area (Å²) in [7, 11) is 0. The van der Waals surface area contributed by atoms with Gasteiger partial charge in [0.25, 0.3) is 0 Å². The molecule has 1 aliphatic carbocycles. The van der Waals surface area contributed by atoms with E-state index in [9.17, 15) is 20.1 Å². The highest BCUT2D eigenvalue weighted by molar-refractivity contribution is 5.77. The molecule has 0 unspecified atom stereocenters. The van der Waals surface area contributed by atoms with E-state index in [1.807, 2.05) is 25.1 Å². The van der Waals surface area contributed by atoms with E-state index in [2.05, 4.69) is 24.3 Å². The van der Waals surface area contributed by atoms with Gasteiger partial charge in [-0.15, -0.1) is 0 Å². The number of Topliss-reactive ketones (excluding diaryl/α,β-unsaturated/α-hetero) is 1. The van der Waals surface area contributed by atoms with Crippen molar-refractivity contribution < 1.29 is 20.1 Å². The van der Waals surface area contributed by atoms with Crippen LogP contribution in [0.1, 0.15) is 70.3 Å². The minimum atomic E-state index is -0.494. The Kier molecular flexibility index (Phi) is 10.6. The highest BCUT2D eigenvalue weighted by Crippen LogP contribution is 2.38.